The Labute approximate surface area is 117 Å². The number of aryl methyl sites for hydroxylation is 1. The number of phenols is 1. The van der Waals surface area contributed by atoms with Crippen LogP contribution in [-0.4, -0.2) is 29.1 Å². The van der Waals surface area contributed by atoms with Crippen molar-refractivity contribution in [2.45, 2.75) is 13.1 Å². The van der Waals surface area contributed by atoms with Crippen molar-refractivity contribution in [2.75, 3.05) is 14.2 Å². The zero-order valence-electron chi connectivity index (χ0n) is 11.9. The summed E-state index contributed by atoms with van der Waals surface area (Å²) in [5.41, 5.74) is 2.09. The monoisotopic (exact) mass is 277 g/mol. The maximum Gasteiger partial charge on any atom is 0.200 e. The Morgan fingerprint density at radius 3 is 2.25 bits per heavy atom. The molecule has 20 heavy (non-hydrogen) atoms. The van der Waals surface area contributed by atoms with Gasteiger partial charge in [0.05, 0.1) is 20.4 Å². The highest BCUT2D eigenvalue weighted by atomic mass is 16.5. The lowest BCUT2D eigenvalue weighted by Crippen LogP contribution is -2.12. The van der Waals surface area contributed by atoms with Crippen molar-refractivity contribution >= 4 is 0 Å². The Balaban J connectivity index is 2.02. The van der Waals surface area contributed by atoms with Crippen molar-refractivity contribution in [1.29, 1.82) is 0 Å². The largest absolute Gasteiger partial charge is 0.502 e. The normalized spacial score (nSPS) is 10.6. The molecule has 0 spiro atoms. The number of phenolic OH excluding ortho intramolecular Hbond substituents is 1. The van der Waals surface area contributed by atoms with E-state index in [0.29, 0.717) is 18.0 Å². The van der Waals surface area contributed by atoms with Crippen LogP contribution in [0.1, 0.15) is 11.1 Å². The summed E-state index contributed by atoms with van der Waals surface area (Å²) in [5, 5.41) is 17.3. The third-order valence-electron chi connectivity index (χ3n) is 2.96. The minimum atomic E-state index is 0.0195. The number of hydrogen-bond donors (Lipinski definition) is 2. The highest BCUT2D eigenvalue weighted by Crippen LogP contribution is 2.36. The van der Waals surface area contributed by atoms with Crippen LogP contribution in [0.5, 0.6) is 17.2 Å². The third kappa shape index (κ3) is 3.21. The molecule has 0 fully saturated rings. The number of ether oxygens (including phenoxy) is 2. The Bertz CT molecular complexity index is 556. The number of benzene rings is 1. The van der Waals surface area contributed by atoms with Crippen LogP contribution >= 0.6 is 0 Å². The molecule has 2 N–H and O–H groups in total. The highest BCUT2D eigenvalue weighted by Gasteiger charge is 2.10. The SMILES string of the molecule is COc1cc(CNCc2cnn(C)c2)cc(OC)c1O. The molecule has 0 saturated heterocycles. The molecule has 2 rings (SSSR count). The van der Waals surface area contributed by atoms with Crippen molar-refractivity contribution in [3.63, 3.8) is 0 Å². The molecule has 0 radical (unpaired) electrons. The molecule has 6 heteroatoms. The number of aromatic hydroxyl groups is 1. The molecule has 1 heterocycles. The number of rotatable bonds is 6. The number of nitrogens with one attached hydrogen (secondary N) is 1. The first-order valence-electron chi connectivity index (χ1n) is 6.26. The van der Waals surface area contributed by atoms with E-state index < -0.39 is 0 Å². The summed E-state index contributed by atoms with van der Waals surface area (Å²) in [6.07, 6.45) is 3.79. The zero-order valence-corrected chi connectivity index (χ0v) is 11.9. The fourth-order valence-corrected chi connectivity index (χ4v) is 1.96. The number of hydrogen-bond acceptors (Lipinski definition) is 5. The van der Waals surface area contributed by atoms with Crippen molar-refractivity contribution < 1.29 is 14.6 Å². The maximum absolute atomic E-state index is 9.84. The van der Waals surface area contributed by atoms with Gasteiger partial charge in [-0.15, -0.1) is 0 Å². The Kier molecular flexibility index (Phi) is 4.47. The summed E-state index contributed by atoms with van der Waals surface area (Å²) in [6.45, 7) is 1.36. The van der Waals surface area contributed by atoms with E-state index in [1.807, 2.05) is 19.4 Å². The summed E-state index contributed by atoms with van der Waals surface area (Å²) >= 11 is 0. The van der Waals surface area contributed by atoms with Gasteiger partial charge >= 0.3 is 0 Å². The number of aromatic nitrogens is 2. The van der Waals surface area contributed by atoms with Gasteiger partial charge in [0.15, 0.2) is 11.5 Å². The fourth-order valence-electron chi connectivity index (χ4n) is 1.96. The van der Waals surface area contributed by atoms with Crippen LogP contribution in [0.3, 0.4) is 0 Å². The van der Waals surface area contributed by atoms with Gasteiger partial charge < -0.3 is 19.9 Å². The first-order valence-corrected chi connectivity index (χ1v) is 6.26. The molecule has 1 aromatic carbocycles. The molecule has 108 valence electrons. The molecular weight excluding hydrogens is 258 g/mol. The van der Waals surface area contributed by atoms with Gasteiger partial charge in [-0.1, -0.05) is 0 Å². The van der Waals surface area contributed by atoms with Gasteiger partial charge in [-0.3, -0.25) is 4.68 Å². The summed E-state index contributed by atoms with van der Waals surface area (Å²) < 4.78 is 12.0. The van der Waals surface area contributed by atoms with Gasteiger partial charge in [0, 0.05) is 31.9 Å². The average Bonchev–Trinajstić information content (AvgIpc) is 2.86. The van der Waals surface area contributed by atoms with Crippen molar-refractivity contribution in [3.05, 3.63) is 35.7 Å². The van der Waals surface area contributed by atoms with Gasteiger partial charge in [0.2, 0.25) is 5.75 Å². The van der Waals surface area contributed by atoms with Gasteiger partial charge in [-0.05, 0) is 17.7 Å². The van der Waals surface area contributed by atoms with E-state index in [-0.39, 0.29) is 5.75 Å². The van der Waals surface area contributed by atoms with Crippen LogP contribution in [0.15, 0.2) is 24.5 Å². The number of methoxy groups -OCH3 is 2. The van der Waals surface area contributed by atoms with E-state index in [1.165, 1.54) is 14.2 Å². The molecule has 0 atom stereocenters. The van der Waals surface area contributed by atoms with Crippen LogP contribution in [-0.2, 0) is 20.1 Å². The van der Waals surface area contributed by atoms with Crippen LogP contribution in [0.25, 0.3) is 0 Å². The molecule has 0 aliphatic heterocycles. The summed E-state index contributed by atoms with van der Waals surface area (Å²) in [6, 6.07) is 3.57. The zero-order chi connectivity index (χ0) is 14.5. The standard InChI is InChI=1S/C14H19N3O3/c1-17-9-11(8-16-17)7-15-6-10-4-12(19-2)14(18)13(5-10)20-3/h4-5,8-9,15,18H,6-7H2,1-3H3. The maximum atomic E-state index is 9.84. The van der Waals surface area contributed by atoms with Crippen molar-refractivity contribution in [1.82, 2.24) is 15.1 Å². The fraction of sp³-hybridized carbons (Fsp3) is 0.357. The average molecular weight is 277 g/mol. The molecule has 6 nitrogen and oxygen atoms in total. The Morgan fingerprint density at radius 1 is 1.15 bits per heavy atom. The van der Waals surface area contributed by atoms with Gasteiger partial charge in [-0.2, -0.15) is 5.10 Å². The lowest BCUT2D eigenvalue weighted by Gasteiger charge is -2.11. The van der Waals surface area contributed by atoms with Gasteiger partial charge in [0.25, 0.3) is 0 Å². The predicted octanol–water partition coefficient (Wildman–Crippen LogP) is 1.43. The van der Waals surface area contributed by atoms with E-state index in [0.717, 1.165) is 17.7 Å². The molecule has 2 aromatic rings. The molecular formula is C14H19N3O3. The van der Waals surface area contributed by atoms with E-state index in [9.17, 15) is 5.11 Å². The van der Waals surface area contributed by atoms with Crippen molar-refractivity contribution in [2.24, 2.45) is 7.05 Å². The second kappa shape index (κ2) is 6.29. The molecule has 0 amide bonds. The molecule has 0 unspecified atom stereocenters. The van der Waals surface area contributed by atoms with E-state index in [2.05, 4.69) is 10.4 Å². The Morgan fingerprint density at radius 2 is 1.75 bits per heavy atom. The lowest BCUT2D eigenvalue weighted by molar-refractivity contribution is 0.339. The predicted molar refractivity (Wildman–Crippen MR) is 75.0 cm³/mol. The first kappa shape index (κ1) is 14.2. The summed E-state index contributed by atoms with van der Waals surface area (Å²) in [7, 11) is 4.92. The van der Waals surface area contributed by atoms with E-state index in [1.54, 1.807) is 16.8 Å². The van der Waals surface area contributed by atoms with Crippen LogP contribution in [0.4, 0.5) is 0 Å². The topological polar surface area (TPSA) is 68.5 Å². The molecule has 0 aliphatic carbocycles. The Hall–Kier alpha value is -2.21. The molecule has 0 saturated carbocycles. The van der Waals surface area contributed by atoms with Gasteiger partial charge in [-0.25, -0.2) is 0 Å². The second-order valence-corrected chi connectivity index (χ2v) is 4.47. The van der Waals surface area contributed by atoms with Crippen molar-refractivity contribution in [3.8, 4) is 17.2 Å². The third-order valence-corrected chi connectivity index (χ3v) is 2.96. The minimum absolute atomic E-state index is 0.0195. The molecule has 1 aromatic heterocycles. The molecule has 0 bridgehead atoms. The highest BCUT2D eigenvalue weighted by molar-refractivity contribution is 5.52. The summed E-state index contributed by atoms with van der Waals surface area (Å²) in [4.78, 5) is 0. The van der Waals surface area contributed by atoms with Crippen LogP contribution in [0.2, 0.25) is 0 Å². The lowest BCUT2D eigenvalue weighted by atomic mass is 10.1. The van der Waals surface area contributed by atoms with Crippen LogP contribution < -0.4 is 14.8 Å². The summed E-state index contributed by atoms with van der Waals surface area (Å²) in [5.74, 6) is 0.830. The quantitative estimate of drug-likeness (QED) is 0.836. The second-order valence-electron chi connectivity index (χ2n) is 4.47. The number of nitrogens with zero attached hydrogens (tertiary/aromatic N) is 2. The smallest absolute Gasteiger partial charge is 0.200 e. The van der Waals surface area contributed by atoms with E-state index in [4.69, 9.17) is 9.47 Å². The minimum Gasteiger partial charge on any atom is -0.502 e. The van der Waals surface area contributed by atoms with Crippen LogP contribution in [0, 0.1) is 0 Å². The molecule has 0 aliphatic rings. The van der Waals surface area contributed by atoms with E-state index >= 15 is 0 Å². The van der Waals surface area contributed by atoms with Gasteiger partial charge in [0.1, 0.15) is 0 Å². The first-order chi connectivity index (χ1) is 9.63.